The summed E-state index contributed by atoms with van der Waals surface area (Å²) in [5.74, 6) is -0.0991. The van der Waals surface area contributed by atoms with Gasteiger partial charge in [0.2, 0.25) is 0 Å². The van der Waals surface area contributed by atoms with Crippen LogP contribution in [0.3, 0.4) is 0 Å². The molecule has 2 aliphatic heterocycles. The molecule has 0 aromatic heterocycles. The summed E-state index contributed by atoms with van der Waals surface area (Å²) in [5, 5.41) is 0. The van der Waals surface area contributed by atoms with Gasteiger partial charge in [-0.05, 0) is 6.42 Å². The molecule has 1 atom stereocenters. The van der Waals surface area contributed by atoms with E-state index in [-0.39, 0.29) is 18.4 Å². The van der Waals surface area contributed by atoms with Crippen molar-refractivity contribution in [3.8, 4) is 0 Å². The SMILES string of the molecule is O=C1CCC(CC2OCCO2)O1. The number of rotatable bonds is 2. The quantitative estimate of drug-likeness (QED) is 0.567. The average Bonchev–Trinajstić information content (AvgIpc) is 2.63. The lowest BCUT2D eigenvalue weighted by atomic mass is 10.2. The van der Waals surface area contributed by atoms with Gasteiger partial charge in [0.05, 0.1) is 13.2 Å². The van der Waals surface area contributed by atoms with E-state index in [1.165, 1.54) is 0 Å². The lowest BCUT2D eigenvalue weighted by Gasteiger charge is -2.13. The van der Waals surface area contributed by atoms with Gasteiger partial charge in [-0.25, -0.2) is 0 Å². The van der Waals surface area contributed by atoms with E-state index in [4.69, 9.17) is 14.2 Å². The van der Waals surface area contributed by atoms with Gasteiger partial charge in [0, 0.05) is 12.8 Å². The Morgan fingerprint density at radius 2 is 2.08 bits per heavy atom. The highest BCUT2D eigenvalue weighted by Gasteiger charge is 2.28. The second kappa shape index (κ2) is 3.41. The van der Waals surface area contributed by atoms with Crippen molar-refractivity contribution in [1.82, 2.24) is 0 Å². The monoisotopic (exact) mass is 172 g/mol. The Kier molecular flexibility index (Phi) is 2.28. The van der Waals surface area contributed by atoms with Crippen LogP contribution in [0.25, 0.3) is 0 Å². The van der Waals surface area contributed by atoms with Crippen LogP contribution in [0.15, 0.2) is 0 Å². The first-order valence-electron chi connectivity index (χ1n) is 4.27. The molecular weight excluding hydrogens is 160 g/mol. The maximum Gasteiger partial charge on any atom is 0.306 e. The molecule has 4 nitrogen and oxygen atoms in total. The van der Waals surface area contributed by atoms with Crippen LogP contribution in [0.5, 0.6) is 0 Å². The van der Waals surface area contributed by atoms with Gasteiger partial charge >= 0.3 is 5.97 Å². The van der Waals surface area contributed by atoms with Crippen LogP contribution in [-0.2, 0) is 19.0 Å². The minimum Gasteiger partial charge on any atom is -0.462 e. The van der Waals surface area contributed by atoms with Crippen molar-refractivity contribution in [2.45, 2.75) is 31.7 Å². The van der Waals surface area contributed by atoms with Crippen molar-refractivity contribution in [3.05, 3.63) is 0 Å². The summed E-state index contributed by atoms with van der Waals surface area (Å²) in [7, 11) is 0. The zero-order valence-corrected chi connectivity index (χ0v) is 6.82. The second-order valence-corrected chi connectivity index (χ2v) is 3.06. The standard InChI is InChI=1S/C8H12O4/c9-7-2-1-6(12-7)5-8-10-3-4-11-8/h6,8H,1-5H2. The second-order valence-electron chi connectivity index (χ2n) is 3.06. The van der Waals surface area contributed by atoms with Crippen LogP contribution in [0.1, 0.15) is 19.3 Å². The van der Waals surface area contributed by atoms with Crippen LogP contribution < -0.4 is 0 Å². The third-order valence-corrected chi connectivity index (χ3v) is 2.11. The molecule has 0 amide bonds. The lowest BCUT2D eigenvalue weighted by molar-refractivity contribution is -0.144. The number of cyclic esters (lactones) is 1. The Morgan fingerprint density at radius 1 is 1.33 bits per heavy atom. The number of carbonyl (C=O) groups is 1. The molecule has 2 aliphatic rings. The maximum absolute atomic E-state index is 10.7. The fourth-order valence-electron chi connectivity index (χ4n) is 1.51. The molecule has 0 radical (unpaired) electrons. The summed E-state index contributed by atoms with van der Waals surface area (Å²) in [6.07, 6.45) is 1.90. The first kappa shape index (κ1) is 8.01. The Labute approximate surface area is 70.8 Å². The Bertz CT molecular complexity index is 174. The van der Waals surface area contributed by atoms with Gasteiger partial charge < -0.3 is 14.2 Å². The van der Waals surface area contributed by atoms with Crippen LogP contribution in [-0.4, -0.2) is 31.6 Å². The molecule has 4 heteroatoms. The van der Waals surface area contributed by atoms with Crippen molar-refractivity contribution >= 4 is 5.97 Å². The molecule has 2 rings (SSSR count). The smallest absolute Gasteiger partial charge is 0.306 e. The molecule has 0 spiro atoms. The van der Waals surface area contributed by atoms with Crippen molar-refractivity contribution in [3.63, 3.8) is 0 Å². The summed E-state index contributed by atoms with van der Waals surface area (Å²) in [6.45, 7) is 1.32. The molecule has 2 saturated heterocycles. The van der Waals surface area contributed by atoms with Crippen molar-refractivity contribution in [2.75, 3.05) is 13.2 Å². The minimum atomic E-state index is -0.152. The number of hydrogen-bond donors (Lipinski definition) is 0. The van der Waals surface area contributed by atoms with Gasteiger partial charge in [0.1, 0.15) is 6.10 Å². The largest absolute Gasteiger partial charge is 0.462 e. The molecule has 0 saturated carbocycles. The first-order chi connectivity index (χ1) is 5.84. The van der Waals surface area contributed by atoms with E-state index in [9.17, 15) is 4.79 Å². The molecular formula is C8H12O4. The topological polar surface area (TPSA) is 44.8 Å². The Balaban J connectivity index is 1.75. The lowest BCUT2D eigenvalue weighted by Crippen LogP contribution is -2.18. The first-order valence-corrected chi connectivity index (χ1v) is 4.27. The predicted octanol–water partition coefficient (Wildman–Crippen LogP) is 0.455. The van der Waals surface area contributed by atoms with E-state index in [0.29, 0.717) is 26.1 Å². The molecule has 2 fully saturated rings. The molecule has 0 bridgehead atoms. The fraction of sp³-hybridized carbons (Fsp3) is 0.875. The van der Waals surface area contributed by atoms with Crippen LogP contribution >= 0.6 is 0 Å². The Hall–Kier alpha value is -0.610. The molecule has 2 heterocycles. The molecule has 1 unspecified atom stereocenters. The van der Waals surface area contributed by atoms with Gasteiger partial charge in [0.15, 0.2) is 6.29 Å². The van der Waals surface area contributed by atoms with Crippen LogP contribution in [0, 0.1) is 0 Å². The van der Waals surface area contributed by atoms with Crippen molar-refractivity contribution in [1.29, 1.82) is 0 Å². The summed E-state index contributed by atoms with van der Waals surface area (Å²) >= 11 is 0. The van der Waals surface area contributed by atoms with Gasteiger partial charge in [-0.1, -0.05) is 0 Å². The van der Waals surface area contributed by atoms with E-state index in [1.807, 2.05) is 0 Å². The fourth-order valence-corrected chi connectivity index (χ4v) is 1.51. The zero-order valence-electron chi connectivity index (χ0n) is 6.82. The maximum atomic E-state index is 10.7. The molecule has 0 aromatic rings. The van der Waals surface area contributed by atoms with E-state index in [2.05, 4.69) is 0 Å². The molecule has 68 valence electrons. The minimum absolute atomic E-state index is 0.0144. The van der Waals surface area contributed by atoms with Crippen LogP contribution in [0.2, 0.25) is 0 Å². The normalized spacial score (nSPS) is 31.0. The highest BCUT2D eigenvalue weighted by atomic mass is 16.7. The zero-order chi connectivity index (χ0) is 8.39. The highest BCUT2D eigenvalue weighted by Crippen LogP contribution is 2.21. The molecule has 0 N–H and O–H groups in total. The van der Waals surface area contributed by atoms with E-state index < -0.39 is 0 Å². The number of esters is 1. The van der Waals surface area contributed by atoms with Gasteiger partial charge in [-0.3, -0.25) is 4.79 Å². The number of hydrogen-bond acceptors (Lipinski definition) is 4. The molecule has 12 heavy (non-hydrogen) atoms. The van der Waals surface area contributed by atoms with Gasteiger partial charge in [-0.15, -0.1) is 0 Å². The van der Waals surface area contributed by atoms with Crippen molar-refractivity contribution < 1.29 is 19.0 Å². The summed E-state index contributed by atoms with van der Waals surface area (Å²) in [6, 6.07) is 0. The van der Waals surface area contributed by atoms with E-state index in [1.54, 1.807) is 0 Å². The third-order valence-electron chi connectivity index (χ3n) is 2.11. The number of ether oxygens (including phenoxy) is 3. The average molecular weight is 172 g/mol. The molecule has 0 aromatic carbocycles. The molecule has 0 aliphatic carbocycles. The van der Waals surface area contributed by atoms with Crippen molar-refractivity contribution in [2.24, 2.45) is 0 Å². The predicted molar refractivity (Wildman–Crippen MR) is 39.4 cm³/mol. The summed E-state index contributed by atoms with van der Waals surface area (Å²) < 4.78 is 15.5. The third kappa shape index (κ3) is 1.76. The van der Waals surface area contributed by atoms with Gasteiger partial charge in [0.25, 0.3) is 0 Å². The highest BCUT2D eigenvalue weighted by molar-refractivity contribution is 5.71. The van der Waals surface area contributed by atoms with Gasteiger partial charge in [-0.2, -0.15) is 0 Å². The summed E-state index contributed by atoms with van der Waals surface area (Å²) in [5.41, 5.74) is 0. The number of carbonyl (C=O) groups excluding carboxylic acids is 1. The Morgan fingerprint density at radius 3 is 2.67 bits per heavy atom. The van der Waals surface area contributed by atoms with E-state index in [0.717, 1.165) is 6.42 Å². The van der Waals surface area contributed by atoms with E-state index >= 15 is 0 Å². The van der Waals surface area contributed by atoms with Crippen LogP contribution in [0.4, 0.5) is 0 Å². The summed E-state index contributed by atoms with van der Waals surface area (Å²) in [4.78, 5) is 10.7.